The van der Waals surface area contributed by atoms with Crippen LogP contribution in [0.1, 0.15) is 72.8 Å². The van der Waals surface area contributed by atoms with Gasteiger partial charge in [0.25, 0.3) is 5.91 Å². The van der Waals surface area contributed by atoms with Gasteiger partial charge in [0.15, 0.2) is 5.82 Å². The maximum atomic E-state index is 12.5. The molecule has 0 aromatic carbocycles. The molecule has 124 valence electrons. The molecule has 0 N–H and O–H groups in total. The minimum absolute atomic E-state index is 0.0422. The SMILES string of the molecule is CC[C@@H](C)c1noc(C2CCN(C(=O)c3ccoc3C)CC2)n1. The molecule has 1 fully saturated rings. The van der Waals surface area contributed by atoms with Gasteiger partial charge in [-0.25, -0.2) is 0 Å². The average molecular weight is 317 g/mol. The second-order valence-electron chi connectivity index (χ2n) is 6.26. The third-order valence-corrected chi connectivity index (χ3v) is 4.73. The van der Waals surface area contributed by atoms with E-state index in [9.17, 15) is 4.79 Å². The van der Waals surface area contributed by atoms with Gasteiger partial charge < -0.3 is 13.8 Å². The van der Waals surface area contributed by atoms with Crippen LogP contribution in [-0.4, -0.2) is 34.0 Å². The first kappa shape index (κ1) is 15.8. The quantitative estimate of drug-likeness (QED) is 0.863. The van der Waals surface area contributed by atoms with E-state index in [0.717, 1.165) is 25.1 Å². The molecule has 1 aliphatic rings. The molecule has 3 heterocycles. The van der Waals surface area contributed by atoms with Crippen molar-refractivity contribution in [1.29, 1.82) is 0 Å². The van der Waals surface area contributed by atoms with Crippen LogP contribution in [0.3, 0.4) is 0 Å². The number of rotatable bonds is 4. The van der Waals surface area contributed by atoms with E-state index in [1.807, 2.05) is 11.8 Å². The summed E-state index contributed by atoms with van der Waals surface area (Å²) in [7, 11) is 0. The average Bonchev–Trinajstić information content (AvgIpc) is 3.23. The molecule has 0 bridgehead atoms. The molecule has 1 atom stereocenters. The fourth-order valence-electron chi connectivity index (χ4n) is 2.90. The van der Waals surface area contributed by atoms with Crippen molar-refractivity contribution < 1.29 is 13.7 Å². The summed E-state index contributed by atoms with van der Waals surface area (Å²) in [6.07, 6.45) is 4.26. The van der Waals surface area contributed by atoms with E-state index < -0.39 is 0 Å². The van der Waals surface area contributed by atoms with Gasteiger partial charge in [0.05, 0.1) is 11.8 Å². The zero-order chi connectivity index (χ0) is 16.4. The molecule has 3 rings (SSSR count). The van der Waals surface area contributed by atoms with E-state index >= 15 is 0 Å². The molecule has 1 saturated heterocycles. The van der Waals surface area contributed by atoms with Gasteiger partial charge in [-0.05, 0) is 32.3 Å². The monoisotopic (exact) mass is 317 g/mol. The molecule has 2 aromatic rings. The van der Waals surface area contributed by atoms with Crippen molar-refractivity contribution >= 4 is 5.91 Å². The topological polar surface area (TPSA) is 72.4 Å². The summed E-state index contributed by atoms with van der Waals surface area (Å²) >= 11 is 0. The Labute approximate surface area is 135 Å². The maximum Gasteiger partial charge on any atom is 0.257 e. The first-order valence-electron chi connectivity index (χ1n) is 8.27. The molecular weight excluding hydrogens is 294 g/mol. The fourth-order valence-corrected chi connectivity index (χ4v) is 2.90. The maximum absolute atomic E-state index is 12.5. The Hall–Kier alpha value is -2.11. The summed E-state index contributed by atoms with van der Waals surface area (Å²) < 4.78 is 10.7. The Balaban J connectivity index is 1.61. The first-order chi connectivity index (χ1) is 11.1. The van der Waals surface area contributed by atoms with Crippen LogP contribution in [-0.2, 0) is 0 Å². The van der Waals surface area contributed by atoms with Crippen LogP contribution >= 0.6 is 0 Å². The highest BCUT2D eigenvalue weighted by molar-refractivity contribution is 5.95. The van der Waals surface area contributed by atoms with E-state index in [0.29, 0.717) is 36.2 Å². The molecule has 0 saturated carbocycles. The highest BCUT2D eigenvalue weighted by Gasteiger charge is 2.29. The molecule has 23 heavy (non-hydrogen) atoms. The minimum Gasteiger partial charge on any atom is -0.469 e. The van der Waals surface area contributed by atoms with Crippen LogP contribution in [0.15, 0.2) is 21.3 Å². The number of aryl methyl sites for hydroxylation is 1. The van der Waals surface area contributed by atoms with Crippen molar-refractivity contribution in [3.63, 3.8) is 0 Å². The van der Waals surface area contributed by atoms with Crippen LogP contribution in [0.5, 0.6) is 0 Å². The van der Waals surface area contributed by atoms with Gasteiger partial charge in [0.2, 0.25) is 5.89 Å². The zero-order valence-electron chi connectivity index (χ0n) is 13.9. The number of hydrogen-bond acceptors (Lipinski definition) is 5. The Morgan fingerprint density at radius 2 is 2.17 bits per heavy atom. The number of piperidine rings is 1. The van der Waals surface area contributed by atoms with Crippen LogP contribution in [0.4, 0.5) is 0 Å². The smallest absolute Gasteiger partial charge is 0.257 e. The lowest BCUT2D eigenvalue weighted by Gasteiger charge is -2.30. The number of amides is 1. The molecule has 0 spiro atoms. The molecular formula is C17H23N3O3. The van der Waals surface area contributed by atoms with Crippen LogP contribution in [0.2, 0.25) is 0 Å². The number of nitrogens with zero attached hydrogens (tertiary/aromatic N) is 3. The molecule has 0 unspecified atom stereocenters. The molecule has 2 aromatic heterocycles. The van der Waals surface area contributed by atoms with E-state index in [-0.39, 0.29) is 11.8 Å². The summed E-state index contributed by atoms with van der Waals surface area (Å²) in [5, 5.41) is 4.09. The van der Waals surface area contributed by atoms with E-state index in [1.54, 1.807) is 12.3 Å². The summed E-state index contributed by atoms with van der Waals surface area (Å²) in [6.45, 7) is 7.44. The lowest BCUT2D eigenvalue weighted by atomic mass is 9.96. The third-order valence-electron chi connectivity index (χ3n) is 4.73. The van der Waals surface area contributed by atoms with Gasteiger partial charge >= 0.3 is 0 Å². The van der Waals surface area contributed by atoms with Crippen molar-refractivity contribution in [3.8, 4) is 0 Å². The number of furan rings is 1. The van der Waals surface area contributed by atoms with Gasteiger partial charge in [0, 0.05) is 24.9 Å². The predicted molar refractivity (Wildman–Crippen MR) is 84.3 cm³/mol. The fraction of sp³-hybridized carbons (Fsp3) is 0.588. The minimum atomic E-state index is 0.0422. The largest absolute Gasteiger partial charge is 0.469 e. The Morgan fingerprint density at radius 3 is 2.78 bits per heavy atom. The summed E-state index contributed by atoms with van der Waals surface area (Å²) in [5.74, 6) is 2.78. The number of carbonyl (C=O) groups is 1. The number of carbonyl (C=O) groups excluding carboxylic acids is 1. The molecule has 0 aliphatic carbocycles. The number of likely N-dealkylation sites (tertiary alicyclic amines) is 1. The summed E-state index contributed by atoms with van der Waals surface area (Å²) in [4.78, 5) is 18.9. The Morgan fingerprint density at radius 1 is 1.43 bits per heavy atom. The third kappa shape index (κ3) is 3.16. The zero-order valence-corrected chi connectivity index (χ0v) is 13.9. The van der Waals surface area contributed by atoms with Crippen molar-refractivity contribution in [3.05, 3.63) is 35.4 Å². The van der Waals surface area contributed by atoms with Gasteiger partial charge in [-0.3, -0.25) is 4.79 Å². The molecule has 0 radical (unpaired) electrons. The van der Waals surface area contributed by atoms with Crippen LogP contribution in [0, 0.1) is 6.92 Å². The Bertz CT molecular complexity index is 668. The van der Waals surface area contributed by atoms with Crippen LogP contribution < -0.4 is 0 Å². The van der Waals surface area contributed by atoms with Gasteiger partial charge in [-0.15, -0.1) is 0 Å². The van der Waals surface area contributed by atoms with Crippen molar-refractivity contribution in [2.45, 2.75) is 51.9 Å². The lowest BCUT2D eigenvalue weighted by molar-refractivity contribution is 0.0702. The summed E-state index contributed by atoms with van der Waals surface area (Å²) in [5.41, 5.74) is 0.653. The number of hydrogen-bond donors (Lipinski definition) is 0. The highest BCUT2D eigenvalue weighted by atomic mass is 16.5. The normalized spacial score (nSPS) is 17.4. The molecule has 1 aliphatic heterocycles. The van der Waals surface area contributed by atoms with Crippen LogP contribution in [0.25, 0.3) is 0 Å². The van der Waals surface area contributed by atoms with E-state index in [2.05, 4.69) is 24.0 Å². The molecule has 6 heteroatoms. The molecule has 1 amide bonds. The van der Waals surface area contributed by atoms with E-state index in [4.69, 9.17) is 8.94 Å². The highest BCUT2D eigenvalue weighted by Crippen LogP contribution is 2.29. The van der Waals surface area contributed by atoms with E-state index in [1.165, 1.54) is 0 Å². The summed E-state index contributed by atoms with van der Waals surface area (Å²) in [6, 6.07) is 1.74. The van der Waals surface area contributed by atoms with Gasteiger partial charge in [-0.2, -0.15) is 4.98 Å². The van der Waals surface area contributed by atoms with Crippen molar-refractivity contribution in [2.24, 2.45) is 0 Å². The van der Waals surface area contributed by atoms with Gasteiger partial charge in [0.1, 0.15) is 5.76 Å². The van der Waals surface area contributed by atoms with Crippen molar-refractivity contribution in [2.75, 3.05) is 13.1 Å². The van der Waals surface area contributed by atoms with Crippen molar-refractivity contribution in [1.82, 2.24) is 15.0 Å². The standard InChI is InChI=1S/C17H23N3O3/c1-4-11(2)15-18-16(23-19-15)13-5-8-20(9-6-13)17(21)14-7-10-22-12(14)3/h7,10-11,13H,4-6,8-9H2,1-3H3/t11-/m1/s1. The molecule has 6 nitrogen and oxygen atoms in total. The predicted octanol–water partition coefficient (Wildman–Crippen LogP) is 3.50. The van der Waals surface area contributed by atoms with Gasteiger partial charge in [-0.1, -0.05) is 19.0 Å². The Kier molecular flexibility index (Phi) is 4.50. The lowest BCUT2D eigenvalue weighted by Crippen LogP contribution is -2.38. The second kappa shape index (κ2) is 6.56. The second-order valence-corrected chi connectivity index (χ2v) is 6.26. The first-order valence-corrected chi connectivity index (χ1v) is 8.27. The number of aromatic nitrogens is 2.